The third kappa shape index (κ3) is 3.50. The van der Waals surface area contributed by atoms with Crippen molar-refractivity contribution in [2.45, 2.75) is 25.4 Å². The third-order valence-corrected chi connectivity index (χ3v) is 3.45. The minimum atomic E-state index is -4.97. The summed E-state index contributed by atoms with van der Waals surface area (Å²) in [7, 11) is 1.53. The first-order valence-electron chi connectivity index (χ1n) is 6.71. The van der Waals surface area contributed by atoms with Gasteiger partial charge < -0.3 is 9.84 Å². The number of rotatable bonds is 3. The van der Waals surface area contributed by atoms with Gasteiger partial charge in [-0.3, -0.25) is 4.79 Å². The molecule has 2 rings (SSSR count). The van der Waals surface area contributed by atoms with E-state index in [1.54, 1.807) is 30.3 Å². The van der Waals surface area contributed by atoms with Gasteiger partial charge in [0.05, 0.1) is 7.11 Å². The number of ketones is 1. The van der Waals surface area contributed by atoms with Crippen molar-refractivity contribution < 1.29 is 27.8 Å². The number of halogens is 3. The van der Waals surface area contributed by atoms with Gasteiger partial charge in [0.1, 0.15) is 11.5 Å². The van der Waals surface area contributed by atoms with Crippen LogP contribution in [0.5, 0.6) is 5.75 Å². The van der Waals surface area contributed by atoms with Crippen molar-refractivity contribution in [1.82, 2.24) is 0 Å². The van der Waals surface area contributed by atoms with Crippen LogP contribution in [0.1, 0.15) is 24.8 Å². The first-order valence-corrected chi connectivity index (χ1v) is 6.71. The number of methoxy groups -OCH3 is 1. The van der Waals surface area contributed by atoms with Crippen molar-refractivity contribution in [2.75, 3.05) is 7.11 Å². The van der Waals surface area contributed by atoms with E-state index in [1.165, 1.54) is 7.11 Å². The van der Waals surface area contributed by atoms with Gasteiger partial charge in [0.15, 0.2) is 0 Å². The molecule has 0 spiro atoms. The summed E-state index contributed by atoms with van der Waals surface area (Å²) < 4.78 is 42.6. The fourth-order valence-electron chi connectivity index (χ4n) is 2.32. The Kier molecular flexibility index (Phi) is 4.59. The Morgan fingerprint density at radius 1 is 1.23 bits per heavy atom. The van der Waals surface area contributed by atoms with Crippen molar-refractivity contribution in [3.05, 3.63) is 46.7 Å². The van der Waals surface area contributed by atoms with Gasteiger partial charge >= 0.3 is 6.18 Å². The number of aliphatic hydroxyl groups excluding tert-OH is 1. The number of alkyl halides is 3. The third-order valence-electron chi connectivity index (χ3n) is 3.45. The fraction of sp³-hybridized carbons (Fsp3) is 0.312. The zero-order valence-electron chi connectivity index (χ0n) is 11.9. The number of ether oxygens (including phenoxy) is 1. The van der Waals surface area contributed by atoms with Crippen molar-refractivity contribution in [3.8, 4) is 5.75 Å². The normalized spacial score (nSPS) is 17.7. The van der Waals surface area contributed by atoms with Crippen LogP contribution in [-0.4, -0.2) is 24.2 Å². The average Bonchev–Trinajstić information content (AvgIpc) is 2.48. The van der Waals surface area contributed by atoms with Crippen LogP contribution in [0.15, 0.2) is 41.2 Å². The summed E-state index contributed by atoms with van der Waals surface area (Å²) in [6, 6.07) is 6.85. The molecule has 1 aliphatic rings. The Morgan fingerprint density at radius 2 is 1.86 bits per heavy atom. The van der Waals surface area contributed by atoms with Gasteiger partial charge in [0.2, 0.25) is 0 Å². The van der Waals surface area contributed by atoms with E-state index in [1.807, 2.05) is 0 Å². The molecule has 0 bridgehead atoms. The monoisotopic (exact) mass is 312 g/mol. The molecule has 6 heteroatoms. The van der Waals surface area contributed by atoms with Crippen molar-refractivity contribution >= 4 is 11.9 Å². The van der Waals surface area contributed by atoms with Gasteiger partial charge in [-0.2, -0.15) is 13.2 Å². The second-order valence-corrected chi connectivity index (χ2v) is 4.95. The molecule has 0 saturated carbocycles. The predicted octanol–water partition coefficient (Wildman–Crippen LogP) is 4.21. The highest BCUT2D eigenvalue weighted by atomic mass is 19.4. The SMILES string of the molecule is COc1ccc(/C=C2/CCCC(C(=O)C(F)(F)F)=C2O)cc1. The van der Waals surface area contributed by atoms with Crippen LogP contribution < -0.4 is 4.74 Å². The topological polar surface area (TPSA) is 46.5 Å². The lowest BCUT2D eigenvalue weighted by atomic mass is 9.89. The maximum absolute atomic E-state index is 12.5. The molecule has 1 aromatic rings. The van der Waals surface area contributed by atoms with Crippen LogP contribution in [0.3, 0.4) is 0 Å². The molecule has 118 valence electrons. The molecule has 1 aliphatic carbocycles. The smallest absolute Gasteiger partial charge is 0.454 e. The van der Waals surface area contributed by atoms with Crippen LogP contribution in [-0.2, 0) is 4.79 Å². The lowest BCUT2D eigenvalue weighted by Gasteiger charge is -2.19. The van der Waals surface area contributed by atoms with Gasteiger partial charge in [0.25, 0.3) is 5.78 Å². The Morgan fingerprint density at radius 3 is 2.41 bits per heavy atom. The summed E-state index contributed by atoms with van der Waals surface area (Å²) in [4.78, 5) is 11.3. The minimum absolute atomic E-state index is 0.0653. The zero-order valence-corrected chi connectivity index (χ0v) is 11.9. The van der Waals surface area contributed by atoms with E-state index in [0.717, 1.165) is 0 Å². The number of benzene rings is 1. The molecule has 0 aromatic heterocycles. The molecule has 0 heterocycles. The van der Waals surface area contributed by atoms with Crippen LogP contribution in [0.2, 0.25) is 0 Å². The molecule has 0 amide bonds. The van der Waals surface area contributed by atoms with Gasteiger partial charge in [-0.25, -0.2) is 0 Å². The number of aliphatic hydroxyl groups is 1. The first-order chi connectivity index (χ1) is 10.3. The van der Waals surface area contributed by atoms with E-state index in [4.69, 9.17) is 4.74 Å². The fourth-order valence-corrected chi connectivity index (χ4v) is 2.32. The quantitative estimate of drug-likeness (QED) is 0.909. The van der Waals surface area contributed by atoms with Gasteiger partial charge in [-0.1, -0.05) is 12.1 Å². The van der Waals surface area contributed by atoms with E-state index in [2.05, 4.69) is 0 Å². The number of hydrogen-bond donors (Lipinski definition) is 1. The van der Waals surface area contributed by atoms with Crippen LogP contribution >= 0.6 is 0 Å². The molecule has 1 N–H and O–H groups in total. The number of hydrogen-bond acceptors (Lipinski definition) is 3. The molecule has 0 atom stereocenters. The Bertz CT molecular complexity index is 625. The average molecular weight is 312 g/mol. The van der Waals surface area contributed by atoms with Gasteiger partial charge in [-0.15, -0.1) is 0 Å². The lowest BCUT2D eigenvalue weighted by molar-refractivity contribution is -0.167. The van der Waals surface area contributed by atoms with Gasteiger partial charge in [0, 0.05) is 5.57 Å². The molecule has 1 aromatic carbocycles. The number of carbonyl (C=O) groups is 1. The Balaban J connectivity index is 2.34. The van der Waals surface area contributed by atoms with E-state index in [9.17, 15) is 23.1 Å². The Labute approximate surface area is 125 Å². The summed E-state index contributed by atoms with van der Waals surface area (Å²) in [5.41, 5.74) is 0.491. The minimum Gasteiger partial charge on any atom is -0.507 e. The number of Topliss-reactive ketones (excluding diaryl/α,β-unsaturated/α-hetero) is 1. The molecular formula is C16H15F3O3. The highest BCUT2D eigenvalue weighted by molar-refractivity contribution is 6.00. The molecule has 0 saturated heterocycles. The highest BCUT2D eigenvalue weighted by Gasteiger charge is 2.42. The van der Waals surface area contributed by atoms with E-state index < -0.39 is 23.3 Å². The second kappa shape index (κ2) is 6.25. The number of carbonyl (C=O) groups excluding carboxylic acids is 1. The van der Waals surface area contributed by atoms with Crippen molar-refractivity contribution in [2.24, 2.45) is 0 Å². The zero-order chi connectivity index (χ0) is 16.3. The van der Waals surface area contributed by atoms with E-state index in [-0.39, 0.29) is 6.42 Å². The molecule has 0 fully saturated rings. The first kappa shape index (κ1) is 16.1. The van der Waals surface area contributed by atoms with Crippen molar-refractivity contribution in [1.29, 1.82) is 0 Å². The standard InChI is InChI=1S/C16H15F3O3/c1-22-12-7-5-10(6-8-12)9-11-3-2-4-13(14(11)20)15(21)16(17,18)19/h5-9,20H,2-4H2,1H3/b11-9-. The van der Waals surface area contributed by atoms with Gasteiger partial charge in [-0.05, 0) is 48.6 Å². The molecule has 0 unspecified atom stereocenters. The van der Waals surface area contributed by atoms with Crippen LogP contribution in [0.4, 0.5) is 13.2 Å². The van der Waals surface area contributed by atoms with Crippen molar-refractivity contribution in [3.63, 3.8) is 0 Å². The summed E-state index contributed by atoms with van der Waals surface area (Å²) in [5.74, 6) is -1.87. The second-order valence-electron chi connectivity index (χ2n) is 4.95. The van der Waals surface area contributed by atoms with E-state index in [0.29, 0.717) is 29.7 Å². The highest BCUT2D eigenvalue weighted by Crippen LogP contribution is 2.34. The summed E-state index contributed by atoms with van der Waals surface area (Å²) >= 11 is 0. The number of allylic oxidation sites excluding steroid dienone is 2. The van der Waals surface area contributed by atoms with Crippen LogP contribution in [0, 0.1) is 0 Å². The maximum atomic E-state index is 12.5. The molecular weight excluding hydrogens is 297 g/mol. The molecule has 22 heavy (non-hydrogen) atoms. The summed E-state index contributed by atoms with van der Waals surface area (Å²) in [6.07, 6.45) is -2.64. The summed E-state index contributed by atoms with van der Waals surface area (Å²) in [5, 5.41) is 9.99. The molecule has 0 aliphatic heterocycles. The molecule has 3 nitrogen and oxygen atoms in total. The maximum Gasteiger partial charge on any atom is 0.454 e. The lowest BCUT2D eigenvalue weighted by Crippen LogP contribution is -2.27. The largest absolute Gasteiger partial charge is 0.507 e. The predicted molar refractivity (Wildman–Crippen MR) is 75.5 cm³/mol. The Hall–Kier alpha value is -2.24. The summed E-state index contributed by atoms with van der Waals surface area (Å²) in [6.45, 7) is 0. The molecule has 0 radical (unpaired) electrons. The van der Waals surface area contributed by atoms with E-state index >= 15 is 0 Å². The van der Waals surface area contributed by atoms with Crippen LogP contribution in [0.25, 0.3) is 6.08 Å².